The molecule has 0 bridgehead atoms. The fourth-order valence-electron chi connectivity index (χ4n) is 3.16. The van der Waals surface area contributed by atoms with Gasteiger partial charge in [-0.1, -0.05) is 17.7 Å². The van der Waals surface area contributed by atoms with E-state index in [0.717, 1.165) is 31.5 Å². The summed E-state index contributed by atoms with van der Waals surface area (Å²) in [6, 6.07) is 5.09. The predicted molar refractivity (Wildman–Crippen MR) is 113 cm³/mol. The number of hydrogen-bond acceptors (Lipinski definition) is 6. The number of nitrogens with zero attached hydrogens (tertiary/aromatic N) is 1. The van der Waals surface area contributed by atoms with Crippen molar-refractivity contribution >= 4 is 27.7 Å². The van der Waals surface area contributed by atoms with Crippen molar-refractivity contribution in [3.05, 3.63) is 29.8 Å². The summed E-state index contributed by atoms with van der Waals surface area (Å²) in [5.74, 6) is -0.516. The molecule has 1 heterocycles. The van der Waals surface area contributed by atoms with Gasteiger partial charge in [0.1, 0.15) is 6.04 Å². The first-order chi connectivity index (χ1) is 13.1. The van der Waals surface area contributed by atoms with Crippen LogP contribution in [0.5, 0.6) is 0 Å². The van der Waals surface area contributed by atoms with Crippen LogP contribution in [0.2, 0.25) is 0 Å². The van der Waals surface area contributed by atoms with Gasteiger partial charge in [0, 0.05) is 11.3 Å². The Bertz CT molecular complexity index is 758. The van der Waals surface area contributed by atoms with Crippen molar-refractivity contribution in [1.82, 2.24) is 14.9 Å². The predicted octanol–water partition coefficient (Wildman–Crippen LogP) is 0.966. The van der Waals surface area contributed by atoms with Crippen LogP contribution in [-0.4, -0.2) is 74.2 Å². The smallest absolute Gasteiger partial charge is 0.241 e. The first-order valence-electron chi connectivity index (χ1n) is 9.37. The Morgan fingerprint density at radius 2 is 1.86 bits per heavy atom. The van der Waals surface area contributed by atoms with Gasteiger partial charge in [0.15, 0.2) is 0 Å². The quantitative estimate of drug-likeness (QED) is 0.570. The second-order valence-electron chi connectivity index (χ2n) is 7.56. The maximum atomic E-state index is 12.7. The van der Waals surface area contributed by atoms with Crippen LogP contribution in [0.15, 0.2) is 29.2 Å². The van der Waals surface area contributed by atoms with E-state index < -0.39 is 28.1 Å². The number of aliphatic hydroxyl groups excluding tert-OH is 1. The number of rotatable bonds is 8. The van der Waals surface area contributed by atoms with E-state index in [0.29, 0.717) is 6.54 Å². The molecule has 0 saturated carbocycles. The van der Waals surface area contributed by atoms with E-state index in [1.165, 1.54) is 19.1 Å². The summed E-state index contributed by atoms with van der Waals surface area (Å²) >= 11 is 1.73. The summed E-state index contributed by atoms with van der Waals surface area (Å²) < 4.78 is 27.5. The second kappa shape index (κ2) is 9.58. The van der Waals surface area contributed by atoms with Gasteiger partial charge in [0.25, 0.3) is 0 Å². The van der Waals surface area contributed by atoms with Gasteiger partial charge >= 0.3 is 0 Å². The summed E-state index contributed by atoms with van der Waals surface area (Å²) in [6.45, 7) is 5.62. The van der Waals surface area contributed by atoms with E-state index >= 15 is 0 Å². The van der Waals surface area contributed by atoms with Crippen LogP contribution < -0.4 is 10.0 Å². The number of likely N-dealkylation sites (tertiary alicyclic amines) is 1. The molecule has 1 amide bonds. The van der Waals surface area contributed by atoms with Gasteiger partial charge in [-0.15, -0.1) is 0 Å². The van der Waals surface area contributed by atoms with E-state index in [2.05, 4.69) is 22.0 Å². The zero-order valence-electron chi connectivity index (χ0n) is 16.9. The van der Waals surface area contributed by atoms with Crippen LogP contribution >= 0.6 is 11.8 Å². The molecule has 0 aromatic heterocycles. The van der Waals surface area contributed by atoms with E-state index in [1.807, 2.05) is 13.2 Å². The third kappa shape index (κ3) is 5.93. The summed E-state index contributed by atoms with van der Waals surface area (Å²) in [7, 11) is -1.84. The third-order valence-electron chi connectivity index (χ3n) is 5.29. The van der Waals surface area contributed by atoms with E-state index in [9.17, 15) is 18.3 Å². The molecule has 0 radical (unpaired) electrons. The number of hydrogen-bond donors (Lipinski definition) is 3. The molecule has 28 heavy (non-hydrogen) atoms. The standard InChI is InChI=1S/C19H31N3O4S2/c1-14-5-7-16(8-6-14)28(25,26)21-17(15(2)23)18(24)20-13-19(27-4)9-11-22(3)12-10-19/h5-8,15,17,21,23H,9-13H2,1-4H3,(H,20,24). The van der Waals surface area contributed by atoms with Crippen LogP contribution in [-0.2, 0) is 14.8 Å². The van der Waals surface area contributed by atoms with E-state index in [4.69, 9.17) is 0 Å². The number of piperidine rings is 1. The summed E-state index contributed by atoms with van der Waals surface area (Å²) in [5, 5.41) is 12.9. The lowest BCUT2D eigenvalue weighted by Gasteiger charge is -2.39. The lowest BCUT2D eigenvalue weighted by molar-refractivity contribution is -0.125. The highest BCUT2D eigenvalue weighted by Crippen LogP contribution is 2.33. The first-order valence-corrected chi connectivity index (χ1v) is 12.1. The zero-order chi connectivity index (χ0) is 20.9. The van der Waals surface area contributed by atoms with Crippen molar-refractivity contribution in [2.45, 2.75) is 48.5 Å². The highest BCUT2D eigenvalue weighted by molar-refractivity contribution is 8.00. The molecule has 2 rings (SSSR count). The first kappa shape index (κ1) is 23.2. The molecular weight excluding hydrogens is 398 g/mol. The molecule has 2 atom stereocenters. The van der Waals surface area contributed by atoms with Crippen LogP contribution in [0, 0.1) is 6.92 Å². The third-order valence-corrected chi connectivity index (χ3v) is 8.17. The molecule has 1 aliphatic rings. The lowest BCUT2D eigenvalue weighted by atomic mass is 9.95. The molecule has 2 unspecified atom stereocenters. The van der Waals surface area contributed by atoms with Gasteiger partial charge in [-0.05, 0) is 65.2 Å². The lowest BCUT2D eigenvalue weighted by Crippen LogP contribution is -2.55. The second-order valence-corrected chi connectivity index (χ2v) is 10.5. The average Bonchev–Trinajstić information content (AvgIpc) is 2.66. The summed E-state index contributed by atoms with van der Waals surface area (Å²) in [5.41, 5.74) is 0.934. The SMILES string of the molecule is CSC1(CNC(=O)C(NS(=O)(=O)c2ccc(C)cc2)C(C)O)CCN(C)CC1. The fourth-order valence-corrected chi connectivity index (χ4v) is 5.24. The fraction of sp³-hybridized carbons (Fsp3) is 0.632. The molecule has 0 aliphatic carbocycles. The number of aryl methyl sites for hydroxylation is 1. The number of carbonyl (C=O) groups excluding carboxylic acids is 1. The number of aliphatic hydroxyl groups is 1. The van der Waals surface area contributed by atoms with Crippen LogP contribution in [0.25, 0.3) is 0 Å². The minimum Gasteiger partial charge on any atom is -0.391 e. The molecule has 3 N–H and O–H groups in total. The molecule has 1 aromatic carbocycles. The number of carbonyl (C=O) groups is 1. The molecular formula is C19H31N3O4S2. The molecule has 0 spiro atoms. The maximum Gasteiger partial charge on any atom is 0.241 e. The van der Waals surface area contributed by atoms with Gasteiger partial charge in [-0.2, -0.15) is 16.5 Å². The number of sulfonamides is 1. The minimum atomic E-state index is -3.92. The van der Waals surface area contributed by atoms with Crippen molar-refractivity contribution in [3.8, 4) is 0 Å². The maximum absolute atomic E-state index is 12.7. The molecule has 1 fully saturated rings. The van der Waals surface area contributed by atoms with Crippen molar-refractivity contribution in [1.29, 1.82) is 0 Å². The van der Waals surface area contributed by atoms with Gasteiger partial charge < -0.3 is 15.3 Å². The molecule has 1 aromatic rings. The highest BCUT2D eigenvalue weighted by atomic mass is 32.2. The molecule has 1 saturated heterocycles. The summed E-state index contributed by atoms with van der Waals surface area (Å²) in [4.78, 5) is 15.0. The Morgan fingerprint density at radius 3 is 2.36 bits per heavy atom. The average molecular weight is 430 g/mol. The monoisotopic (exact) mass is 429 g/mol. The van der Waals surface area contributed by atoms with Gasteiger partial charge in [-0.3, -0.25) is 4.79 Å². The summed E-state index contributed by atoms with van der Waals surface area (Å²) in [6.07, 6.45) is 2.76. The zero-order valence-corrected chi connectivity index (χ0v) is 18.6. The molecule has 7 nitrogen and oxygen atoms in total. The van der Waals surface area contributed by atoms with Gasteiger partial charge in [-0.25, -0.2) is 8.42 Å². The van der Waals surface area contributed by atoms with Crippen molar-refractivity contribution < 1.29 is 18.3 Å². The van der Waals surface area contributed by atoms with Crippen LogP contribution in [0.4, 0.5) is 0 Å². The van der Waals surface area contributed by atoms with E-state index in [-0.39, 0.29) is 9.64 Å². The Morgan fingerprint density at radius 1 is 1.29 bits per heavy atom. The van der Waals surface area contributed by atoms with Crippen molar-refractivity contribution in [2.24, 2.45) is 0 Å². The Labute approximate surface area is 172 Å². The number of thioether (sulfide) groups is 1. The highest BCUT2D eigenvalue weighted by Gasteiger charge is 2.35. The van der Waals surface area contributed by atoms with Gasteiger partial charge in [0.2, 0.25) is 15.9 Å². The van der Waals surface area contributed by atoms with Crippen molar-refractivity contribution in [3.63, 3.8) is 0 Å². The number of amides is 1. The van der Waals surface area contributed by atoms with Crippen LogP contribution in [0.1, 0.15) is 25.3 Å². The Hall–Kier alpha value is -1.13. The molecule has 1 aliphatic heterocycles. The largest absolute Gasteiger partial charge is 0.391 e. The number of nitrogens with one attached hydrogen (secondary N) is 2. The van der Waals surface area contributed by atoms with Crippen LogP contribution in [0.3, 0.4) is 0 Å². The van der Waals surface area contributed by atoms with Gasteiger partial charge in [0.05, 0.1) is 11.0 Å². The molecule has 9 heteroatoms. The minimum absolute atomic E-state index is 0.0625. The number of benzene rings is 1. The molecule has 158 valence electrons. The Balaban J connectivity index is 2.06. The van der Waals surface area contributed by atoms with E-state index in [1.54, 1.807) is 23.9 Å². The van der Waals surface area contributed by atoms with Crippen molar-refractivity contribution in [2.75, 3.05) is 32.9 Å². The Kier molecular flexibility index (Phi) is 7.92. The normalized spacial score (nSPS) is 19.8. The topological polar surface area (TPSA) is 98.7 Å².